The van der Waals surface area contributed by atoms with Gasteiger partial charge in [0.05, 0.1) is 0 Å². The van der Waals surface area contributed by atoms with Crippen LogP contribution in [0.5, 0.6) is 0 Å². The number of nitrogens with zero attached hydrogens (tertiary/aromatic N) is 4. The Morgan fingerprint density at radius 1 is 1.00 bits per heavy atom. The standard InChI is InChI=1S/C21H16ClN5O2/c1-12-3-8-16(24-11-12)20-23-10-9-17(26-20)27-21(28)19-18(25-13(2)29-19)14-4-6-15(22)7-5-14/h3-11H,1-2H3,(H,23,26,27,28). The van der Waals surface area contributed by atoms with Crippen LogP contribution < -0.4 is 5.32 Å². The molecule has 3 aromatic heterocycles. The molecule has 0 radical (unpaired) electrons. The lowest BCUT2D eigenvalue weighted by atomic mass is 10.1. The van der Waals surface area contributed by atoms with Crippen LogP contribution in [0.2, 0.25) is 5.02 Å². The van der Waals surface area contributed by atoms with E-state index in [4.69, 9.17) is 16.0 Å². The van der Waals surface area contributed by atoms with E-state index in [0.717, 1.165) is 11.1 Å². The minimum atomic E-state index is -0.461. The SMILES string of the molecule is Cc1ccc(-c2nccc(NC(=O)c3oc(C)nc3-c3ccc(Cl)cc3)n2)nc1. The number of carbonyl (C=O) groups is 1. The summed E-state index contributed by atoms with van der Waals surface area (Å²) in [6, 6.07) is 12.4. The molecular weight excluding hydrogens is 390 g/mol. The highest BCUT2D eigenvalue weighted by atomic mass is 35.5. The van der Waals surface area contributed by atoms with Gasteiger partial charge >= 0.3 is 0 Å². The number of hydrogen-bond acceptors (Lipinski definition) is 6. The summed E-state index contributed by atoms with van der Waals surface area (Å²) in [5, 5.41) is 3.33. The Bertz CT molecular complexity index is 1170. The van der Waals surface area contributed by atoms with Gasteiger partial charge in [-0.2, -0.15) is 0 Å². The van der Waals surface area contributed by atoms with E-state index in [-0.39, 0.29) is 5.76 Å². The maximum Gasteiger partial charge on any atom is 0.294 e. The fourth-order valence-electron chi connectivity index (χ4n) is 2.71. The molecule has 8 heteroatoms. The van der Waals surface area contributed by atoms with Crippen LogP contribution in [0.25, 0.3) is 22.8 Å². The maximum atomic E-state index is 12.8. The lowest BCUT2D eigenvalue weighted by Crippen LogP contribution is -2.13. The number of anilines is 1. The number of halogens is 1. The van der Waals surface area contributed by atoms with Gasteiger partial charge in [0.25, 0.3) is 5.91 Å². The molecule has 1 N–H and O–H groups in total. The van der Waals surface area contributed by atoms with Gasteiger partial charge in [-0.3, -0.25) is 9.78 Å². The van der Waals surface area contributed by atoms with Crippen LogP contribution in [0.1, 0.15) is 22.0 Å². The average molecular weight is 406 g/mol. The molecule has 3 heterocycles. The predicted octanol–water partition coefficient (Wildman–Crippen LogP) is 4.72. The zero-order valence-corrected chi connectivity index (χ0v) is 16.4. The fourth-order valence-corrected chi connectivity index (χ4v) is 2.84. The quantitative estimate of drug-likeness (QED) is 0.528. The molecule has 0 bridgehead atoms. The molecular formula is C21H16ClN5O2. The minimum Gasteiger partial charge on any atom is -0.435 e. The summed E-state index contributed by atoms with van der Waals surface area (Å²) in [4.78, 5) is 30.1. The van der Waals surface area contributed by atoms with Crippen molar-refractivity contribution >= 4 is 23.3 Å². The predicted molar refractivity (Wildman–Crippen MR) is 110 cm³/mol. The van der Waals surface area contributed by atoms with Crippen molar-refractivity contribution in [1.29, 1.82) is 0 Å². The Morgan fingerprint density at radius 3 is 2.52 bits per heavy atom. The summed E-state index contributed by atoms with van der Waals surface area (Å²) in [5.74, 6) is 0.760. The molecule has 1 aromatic carbocycles. The highest BCUT2D eigenvalue weighted by Crippen LogP contribution is 2.26. The van der Waals surface area contributed by atoms with Gasteiger partial charge in [0.15, 0.2) is 11.7 Å². The van der Waals surface area contributed by atoms with E-state index in [2.05, 4.69) is 25.3 Å². The van der Waals surface area contributed by atoms with Crippen molar-refractivity contribution in [1.82, 2.24) is 19.9 Å². The average Bonchev–Trinajstić information content (AvgIpc) is 3.11. The van der Waals surface area contributed by atoms with Crippen molar-refractivity contribution in [2.45, 2.75) is 13.8 Å². The molecule has 144 valence electrons. The second kappa shape index (κ2) is 7.81. The highest BCUT2D eigenvalue weighted by Gasteiger charge is 2.21. The first-order chi connectivity index (χ1) is 14.0. The molecule has 0 saturated carbocycles. The van der Waals surface area contributed by atoms with Crippen molar-refractivity contribution in [3.8, 4) is 22.8 Å². The molecule has 4 rings (SSSR count). The van der Waals surface area contributed by atoms with Crippen LogP contribution in [-0.2, 0) is 0 Å². The number of aryl methyl sites for hydroxylation is 2. The summed E-state index contributed by atoms with van der Waals surface area (Å²) in [6.07, 6.45) is 3.30. The normalized spacial score (nSPS) is 10.7. The molecule has 0 unspecified atom stereocenters. The van der Waals surface area contributed by atoms with E-state index >= 15 is 0 Å². The fraction of sp³-hybridized carbons (Fsp3) is 0.0952. The van der Waals surface area contributed by atoms with Crippen molar-refractivity contribution in [3.05, 3.63) is 77.1 Å². The van der Waals surface area contributed by atoms with Gasteiger partial charge in [-0.25, -0.2) is 15.0 Å². The number of nitrogens with one attached hydrogen (secondary N) is 1. The number of hydrogen-bond donors (Lipinski definition) is 1. The number of carbonyl (C=O) groups excluding carboxylic acids is 1. The lowest BCUT2D eigenvalue weighted by molar-refractivity contribution is 0.0996. The van der Waals surface area contributed by atoms with E-state index < -0.39 is 5.91 Å². The van der Waals surface area contributed by atoms with E-state index in [9.17, 15) is 4.79 Å². The van der Waals surface area contributed by atoms with E-state index in [1.54, 1.807) is 49.6 Å². The maximum absolute atomic E-state index is 12.8. The van der Waals surface area contributed by atoms with Crippen molar-refractivity contribution in [3.63, 3.8) is 0 Å². The monoisotopic (exact) mass is 405 g/mol. The smallest absolute Gasteiger partial charge is 0.294 e. The molecule has 0 aliphatic carbocycles. The molecule has 0 aliphatic heterocycles. The van der Waals surface area contributed by atoms with Crippen LogP contribution in [-0.4, -0.2) is 25.8 Å². The topological polar surface area (TPSA) is 93.8 Å². The van der Waals surface area contributed by atoms with Crippen LogP contribution in [0.4, 0.5) is 5.82 Å². The lowest BCUT2D eigenvalue weighted by Gasteiger charge is -2.06. The third-order valence-electron chi connectivity index (χ3n) is 4.10. The van der Waals surface area contributed by atoms with E-state index in [0.29, 0.717) is 33.9 Å². The zero-order chi connectivity index (χ0) is 20.4. The number of aromatic nitrogens is 4. The summed E-state index contributed by atoms with van der Waals surface area (Å²) < 4.78 is 5.55. The van der Waals surface area contributed by atoms with Gasteiger partial charge in [0.2, 0.25) is 5.76 Å². The van der Waals surface area contributed by atoms with Crippen molar-refractivity contribution < 1.29 is 9.21 Å². The molecule has 0 aliphatic rings. The van der Waals surface area contributed by atoms with Crippen molar-refractivity contribution in [2.24, 2.45) is 0 Å². The second-order valence-electron chi connectivity index (χ2n) is 6.36. The number of amides is 1. The zero-order valence-electron chi connectivity index (χ0n) is 15.7. The largest absolute Gasteiger partial charge is 0.435 e. The van der Waals surface area contributed by atoms with Crippen LogP contribution >= 0.6 is 11.6 Å². The van der Waals surface area contributed by atoms with Crippen LogP contribution in [0.15, 0.2) is 59.3 Å². The third kappa shape index (κ3) is 4.14. The number of oxazole rings is 1. The summed E-state index contributed by atoms with van der Waals surface area (Å²) in [5.41, 5.74) is 2.81. The molecule has 0 atom stereocenters. The van der Waals surface area contributed by atoms with Gasteiger partial charge in [0.1, 0.15) is 17.2 Å². The molecule has 1 amide bonds. The van der Waals surface area contributed by atoms with Crippen LogP contribution in [0.3, 0.4) is 0 Å². The number of benzene rings is 1. The Labute approximate surface area is 171 Å². The molecule has 7 nitrogen and oxygen atoms in total. The molecule has 29 heavy (non-hydrogen) atoms. The molecule has 4 aromatic rings. The Hall–Kier alpha value is -3.58. The first-order valence-electron chi connectivity index (χ1n) is 8.80. The second-order valence-corrected chi connectivity index (χ2v) is 6.79. The Morgan fingerprint density at radius 2 is 1.79 bits per heavy atom. The van der Waals surface area contributed by atoms with Gasteiger partial charge in [-0.05, 0) is 36.8 Å². The summed E-state index contributed by atoms with van der Waals surface area (Å²) in [6.45, 7) is 3.63. The Kier molecular flexibility index (Phi) is 5.05. The van der Waals surface area contributed by atoms with Gasteiger partial charge in [-0.15, -0.1) is 0 Å². The first-order valence-corrected chi connectivity index (χ1v) is 9.18. The van der Waals surface area contributed by atoms with E-state index in [1.165, 1.54) is 0 Å². The summed E-state index contributed by atoms with van der Waals surface area (Å²) >= 11 is 5.95. The van der Waals surface area contributed by atoms with Gasteiger partial charge in [-0.1, -0.05) is 29.8 Å². The van der Waals surface area contributed by atoms with E-state index in [1.807, 2.05) is 19.1 Å². The number of pyridine rings is 1. The minimum absolute atomic E-state index is 0.0958. The highest BCUT2D eigenvalue weighted by molar-refractivity contribution is 6.30. The number of rotatable bonds is 4. The van der Waals surface area contributed by atoms with Crippen LogP contribution in [0, 0.1) is 13.8 Å². The molecule has 0 fully saturated rings. The third-order valence-corrected chi connectivity index (χ3v) is 4.35. The van der Waals surface area contributed by atoms with Gasteiger partial charge in [0, 0.05) is 29.9 Å². The molecule has 0 spiro atoms. The summed E-state index contributed by atoms with van der Waals surface area (Å²) in [7, 11) is 0. The Balaban J connectivity index is 1.61. The first kappa shape index (κ1) is 18.8. The van der Waals surface area contributed by atoms with Crippen molar-refractivity contribution in [2.75, 3.05) is 5.32 Å². The van der Waals surface area contributed by atoms with Gasteiger partial charge < -0.3 is 9.73 Å². The molecule has 0 saturated heterocycles.